The van der Waals surface area contributed by atoms with Crippen LogP contribution in [0.1, 0.15) is 25.0 Å². The maximum Gasteiger partial charge on any atom is 0.242 e. The lowest BCUT2D eigenvalue weighted by Gasteiger charge is -2.28. The summed E-state index contributed by atoms with van der Waals surface area (Å²) in [5.74, 6) is 0.586. The second kappa shape index (κ2) is 11.7. The third-order valence-corrected chi connectivity index (χ3v) is 6.20. The molecule has 29 heavy (non-hydrogen) atoms. The summed E-state index contributed by atoms with van der Waals surface area (Å²) in [4.78, 5) is 26.9. The molecule has 1 unspecified atom stereocenters. The zero-order valence-electron chi connectivity index (χ0n) is 16.3. The van der Waals surface area contributed by atoms with E-state index in [4.69, 9.17) is 34.8 Å². The number of amides is 2. The Morgan fingerprint density at radius 3 is 2.48 bits per heavy atom. The van der Waals surface area contributed by atoms with Gasteiger partial charge in [0, 0.05) is 23.9 Å². The monoisotopic (exact) mass is 472 g/mol. The third kappa shape index (κ3) is 7.41. The molecule has 0 aliphatic rings. The lowest BCUT2D eigenvalue weighted by atomic mass is 10.1. The molecule has 2 rings (SSSR count). The standard InChI is InChI=1S/C21H23Cl3N2O2S/c1-3-25-21(28)14(2)26(11-15-7-8-18(23)19(24)10-15)20(27)13-29-12-16-5-4-6-17(22)9-16/h4-10,14H,3,11-13H2,1-2H3,(H,25,28). The molecule has 2 amide bonds. The Morgan fingerprint density at radius 2 is 1.83 bits per heavy atom. The molecule has 1 N–H and O–H groups in total. The molecule has 2 aromatic carbocycles. The van der Waals surface area contributed by atoms with E-state index in [0.29, 0.717) is 27.4 Å². The van der Waals surface area contributed by atoms with Crippen LogP contribution in [-0.2, 0) is 21.9 Å². The molecule has 0 saturated heterocycles. The highest BCUT2D eigenvalue weighted by molar-refractivity contribution is 7.99. The molecule has 1 atom stereocenters. The maximum absolute atomic E-state index is 12.9. The summed E-state index contributed by atoms with van der Waals surface area (Å²) in [6.07, 6.45) is 0. The Labute approximate surface area is 190 Å². The molecule has 0 spiro atoms. The Balaban J connectivity index is 2.08. The number of nitrogens with one attached hydrogen (secondary N) is 1. The zero-order valence-corrected chi connectivity index (χ0v) is 19.3. The van der Waals surface area contributed by atoms with Crippen molar-refractivity contribution in [2.24, 2.45) is 0 Å². The first kappa shape index (κ1) is 23.9. The normalized spacial score (nSPS) is 11.8. The molecular formula is C21H23Cl3N2O2S. The fourth-order valence-electron chi connectivity index (χ4n) is 2.71. The average molecular weight is 474 g/mol. The summed E-state index contributed by atoms with van der Waals surface area (Å²) in [7, 11) is 0. The van der Waals surface area contributed by atoms with Crippen molar-refractivity contribution >= 4 is 58.4 Å². The molecule has 0 radical (unpaired) electrons. The average Bonchev–Trinajstić information content (AvgIpc) is 2.68. The van der Waals surface area contributed by atoms with Gasteiger partial charge in [-0.1, -0.05) is 53.0 Å². The molecule has 0 fully saturated rings. The number of likely N-dealkylation sites (N-methyl/N-ethyl adjacent to an activating group) is 1. The molecule has 8 heteroatoms. The number of hydrogen-bond donors (Lipinski definition) is 1. The molecule has 0 aliphatic heterocycles. The fraction of sp³-hybridized carbons (Fsp3) is 0.333. The highest BCUT2D eigenvalue weighted by atomic mass is 35.5. The summed E-state index contributed by atoms with van der Waals surface area (Å²) in [5.41, 5.74) is 1.85. The summed E-state index contributed by atoms with van der Waals surface area (Å²) in [6.45, 7) is 4.34. The molecule has 0 aromatic heterocycles. The van der Waals surface area contributed by atoms with E-state index in [2.05, 4.69) is 5.32 Å². The Bertz CT molecular complexity index is 864. The number of rotatable bonds is 9. The highest BCUT2D eigenvalue weighted by Crippen LogP contribution is 2.24. The van der Waals surface area contributed by atoms with Gasteiger partial charge in [-0.3, -0.25) is 9.59 Å². The number of thioether (sulfide) groups is 1. The zero-order chi connectivity index (χ0) is 21.4. The van der Waals surface area contributed by atoms with E-state index < -0.39 is 6.04 Å². The van der Waals surface area contributed by atoms with Gasteiger partial charge in [0.1, 0.15) is 6.04 Å². The van der Waals surface area contributed by atoms with Crippen LogP contribution in [0.3, 0.4) is 0 Å². The minimum Gasteiger partial charge on any atom is -0.355 e. The first-order chi connectivity index (χ1) is 13.8. The fourth-order valence-corrected chi connectivity index (χ4v) is 4.10. The van der Waals surface area contributed by atoms with Crippen LogP contribution >= 0.6 is 46.6 Å². The van der Waals surface area contributed by atoms with Gasteiger partial charge in [0.2, 0.25) is 11.8 Å². The predicted molar refractivity (Wildman–Crippen MR) is 123 cm³/mol. The first-order valence-corrected chi connectivity index (χ1v) is 11.4. The van der Waals surface area contributed by atoms with Gasteiger partial charge in [0.25, 0.3) is 0 Å². The predicted octanol–water partition coefficient (Wildman–Crippen LogP) is 5.43. The van der Waals surface area contributed by atoms with Crippen LogP contribution in [-0.4, -0.2) is 35.1 Å². The van der Waals surface area contributed by atoms with Gasteiger partial charge < -0.3 is 10.2 Å². The van der Waals surface area contributed by atoms with Crippen molar-refractivity contribution in [3.8, 4) is 0 Å². The summed E-state index contributed by atoms with van der Waals surface area (Å²) in [5, 5.41) is 4.30. The van der Waals surface area contributed by atoms with Gasteiger partial charge in [-0.15, -0.1) is 11.8 Å². The summed E-state index contributed by atoms with van der Waals surface area (Å²) < 4.78 is 0. The van der Waals surface area contributed by atoms with Crippen LogP contribution in [0.2, 0.25) is 15.1 Å². The van der Waals surface area contributed by atoms with Crippen molar-refractivity contribution in [1.29, 1.82) is 0 Å². The minimum atomic E-state index is -0.608. The smallest absolute Gasteiger partial charge is 0.242 e. The topological polar surface area (TPSA) is 49.4 Å². The van der Waals surface area contributed by atoms with E-state index in [9.17, 15) is 9.59 Å². The van der Waals surface area contributed by atoms with E-state index >= 15 is 0 Å². The molecule has 0 bridgehead atoms. The number of carbonyl (C=O) groups is 2. The van der Waals surface area contributed by atoms with Crippen LogP contribution < -0.4 is 5.32 Å². The number of hydrogen-bond acceptors (Lipinski definition) is 3. The first-order valence-electron chi connectivity index (χ1n) is 9.15. The molecule has 2 aromatic rings. The number of benzene rings is 2. The second-order valence-electron chi connectivity index (χ2n) is 6.46. The van der Waals surface area contributed by atoms with Crippen molar-refractivity contribution in [1.82, 2.24) is 10.2 Å². The van der Waals surface area contributed by atoms with Gasteiger partial charge in [0.15, 0.2) is 0 Å². The van der Waals surface area contributed by atoms with E-state index in [1.54, 1.807) is 30.0 Å². The number of halogens is 3. The van der Waals surface area contributed by atoms with Crippen molar-refractivity contribution in [3.05, 3.63) is 68.7 Å². The van der Waals surface area contributed by atoms with Gasteiger partial charge in [-0.25, -0.2) is 0 Å². The van der Waals surface area contributed by atoms with Crippen molar-refractivity contribution < 1.29 is 9.59 Å². The summed E-state index contributed by atoms with van der Waals surface area (Å²) >= 11 is 19.6. The Hall–Kier alpha value is -1.40. The molecule has 0 heterocycles. The molecular weight excluding hydrogens is 451 g/mol. The third-order valence-electron chi connectivity index (χ3n) is 4.24. The molecule has 0 saturated carbocycles. The molecule has 0 aliphatic carbocycles. The van der Waals surface area contributed by atoms with Crippen LogP contribution in [0.5, 0.6) is 0 Å². The van der Waals surface area contributed by atoms with E-state index in [1.807, 2.05) is 31.2 Å². The van der Waals surface area contributed by atoms with Gasteiger partial charge >= 0.3 is 0 Å². The molecule has 4 nitrogen and oxygen atoms in total. The van der Waals surface area contributed by atoms with Crippen molar-refractivity contribution in [3.63, 3.8) is 0 Å². The van der Waals surface area contributed by atoms with E-state index in [-0.39, 0.29) is 24.1 Å². The van der Waals surface area contributed by atoms with Gasteiger partial charge in [-0.2, -0.15) is 0 Å². The van der Waals surface area contributed by atoms with Crippen molar-refractivity contribution in [2.75, 3.05) is 12.3 Å². The van der Waals surface area contributed by atoms with Crippen LogP contribution in [0, 0.1) is 0 Å². The van der Waals surface area contributed by atoms with E-state index in [1.165, 1.54) is 11.8 Å². The van der Waals surface area contributed by atoms with Crippen LogP contribution in [0.4, 0.5) is 0 Å². The highest BCUT2D eigenvalue weighted by Gasteiger charge is 2.25. The van der Waals surface area contributed by atoms with Gasteiger partial charge in [-0.05, 0) is 49.2 Å². The number of nitrogens with zero attached hydrogens (tertiary/aromatic N) is 1. The Kier molecular flexibility index (Phi) is 9.63. The Morgan fingerprint density at radius 1 is 1.07 bits per heavy atom. The number of carbonyl (C=O) groups excluding carboxylic acids is 2. The lowest BCUT2D eigenvalue weighted by Crippen LogP contribution is -2.48. The van der Waals surface area contributed by atoms with Crippen LogP contribution in [0.15, 0.2) is 42.5 Å². The maximum atomic E-state index is 12.9. The quantitative estimate of drug-likeness (QED) is 0.528. The SMILES string of the molecule is CCNC(=O)C(C)N(Cc1ccc(Cl)c(Cl)c1)C(=O)CSCc1cccc(Cl)c1. The molecule has 156 valence electrons. The second-order valence-corrected chi connectivity index (χ2v) is 8.70. The van der Waals surface area contributed by atoms with E-state index in [0.717, 1.165) is 11.1 Å². The minimum absolute atomic E-state index is 0.123. The van der Waals surface area contributed by atoms with Crippen molar-refractivity contribution in [2.45, 2.75) is 32.2 Å². The van der Waals surface area contributed by atoms with Crippen LogP contribution in [0.25, 0.3) is 0 Å². The van der Waals surface area contributed by atoms with Gasteiger partial charge in [0.05, 0.1) is 15.8 Å². The largest absolute Gasteiger partial charge is 0.355 e. The lowest BCUT2D eigenvalue weighted by molar-refractivity contribution is -0.138. The summed E-state index contributed by atoms with van der Waals surface area (Å²) in [6, 6.07) is 12.1.